The lowest BCUT2D eigenvalue weighted by atomic mass is 10.2. The summed E-state index contributed by atoms with van der Waals surface area (Å²) in [6.07, 6.45) is 1.64. The van der Waals surface area contributed by atoms with Gasteiger partial charge in [-0.15, -0.1) is 0 Å². The number of halogens is 2. The van der Waals surface area contributed by atoms with Crippen LogP contribution in [0.1, 0.15) is 27.3 Å². The highest BCUT2D eigenvalue weighted by atomic mass is 79.9. The first kappa shape index (κ1) is 20.2. The fourth-order valence-electron chi connectivity index (χ4n) is 2.94. The highest BCUT2D eigenvalue weighted by molar-refractivity contribution is 9.10. The molecule has 1 N–H and O–H groups in total. The van der Waals surface area contributed by atoms with E-state index in [1.54, 1.807) is 25.5 Å². The molecule has 0 spiro atoms. The molecule has 0 atom stereocenters. The van der Waals surface area contributed by atoms with Gasteiger partial charge in [0.05, 0.1) is 18.3 Å². The monoisotopic (exact) mass is 459 g/mol. The predicted molar refractivity (Wildman–Crippen MR) is 116 cm³/mol. The van der Waals surface area contributed by atoms with Gasteiger partial charge >= 0.3 is 0 Å². The molecule has 28 heavy (non-hydrogen) atoms. The molecule has 7 heteroatoms. The Kier molecular flexibility index (Phi) is 6.21. The van der Waals surface area contributed by atoms with Gasteiger partial charge in [0.2, 0.25) is 0 Å². The quantitative estimate of drug-likeness (QED) is 0.416. The van der Waals surface area contributed by atoms with Crippen molar-refractivity contribution in [3.05, 3.63) is 80.5 Å². The van der Waals surface area contributed by atoms with E-state index < -0.39 is 0 Å². The Labute approximate surface area is 177 Å². The van der Waals surface area contributed by atoms with Gasteiger partial charge in [0, 0.05) is 32.7 Å². The molecule has 2 aromatic carbocycles. The van der Waals surface area contributed by atoms with E-state index in [2.05, 4.69) is 31.0 Å². The zero-order chi connectivity index (χ0) is 20.3. The smallest absolute Gasteiger partial charge is 0.271 e. The van der Waals surface area contributed by atoms with Gasteiger partial charge in [0.15, 0.2) is 0 Å². The molecule has 1 aromatic heterocycles. The minimum Gasteiger partial charge on any atom is -0.495 e. The third kappa shape index (κ3) is 4.29. The number of rotatable bonds is 5. The number of nitrogens with one attached hydrogen (secondary N) is 1. The van der Waals surface area contributed by atoms with Gasteiger partial charge in [-0.05, 0) is 62.4 Å². The van der Waals surface area contributed by atoms with E-state index >= 15 is 0 Å². The van der Waals surface area contributed by atoms with Crippen LogP contribution in [0, 0.1) is 13.8 Å². The minimum atomic E-state index is -0.264. The number of nitrogens with zero attached hydrogens (tertiary/aromatic N) is 2. The lowest BCUT2D eigenvalue weighted by molar-refractivity contribution is 0.0955. The third-order valence-electron chi connectivity index (χ3n) is 4.34. The number of carbonyl (C=O) groups is 1. The van der Waals surface area contributed by atoms with E-state index in [0.717, 1.165) is 27.1 Å². The van der Waals surface area contributed by atoms with Gasteiger partial charge in [-0.3, -0.25) is 4.79 Å². The molecule has 3 aromatic rings. The van der Waals surface area contributed by atoms with E-state index in [4.69, 9.17) is 16.3 Å². The molecule has 0 unspecified atom stereocenters. The summed E-state index contributed by atoms with van der Waals surface area (Å²) in [5.74, 6) is 0.366. The van der Waals surface area contributed by atoms with E-state index in [1.807, 2.05) is 50.2 Å². The van der Waals surface area contributed by atoms with E-state index in [9.17, 15) is 4.79 Å². The summed E-state index contributed by atoms with van der Waals surface area (Å²) in [4.78, 5) is 12.2. The maximum Gasteiger partial charge on any atom is 0.271 e. The van der Waals surface area contributed by atoms with Crippen LogP contribution in [-0.2, 0) is 0 Å². The molecule has 0 aliphatic carbocycles. The van der Waals surface area contributed by atoms with Gasteiger partial charge in [-0.25, -0.2) is 5.43 Å². The Bertz CT molecular complexity index is 1040. The summed E-state index contributed by atoms with van der Waals surface area (Å²) in [5.41, 5.74) is 6.94. The van der Waals surface area contributed by atoms with Crippen LogP contribution in [-0.4, -0.2) is 23.8 Å². The summed E-state index contributed by atoms with van der Waals surface area (Å²) < 4.78 is 8.20. The molecule has 0 aliphatic rings. The first-order valence-electron chi connectivity index (χ1n) is 8.52. The highest BCUT2D eigenvalue weighted by Gasteiger charge is 2.11. The molecule has 3 rings (SSSR count). The summed E-state index contributed by atoms with van der Waals surface area (Å²) in [6.45, 7) is 3.99. The molecule has 5 nitrogen and oxygen atoms in total. The second-order valence-electron chi connectivity index (χ2n) is 6.19. The van der Waals surface area contributed by atoms with Crippen molar-refractivity contribution in [3.63, 3.8) is 0 Å². The van der Waals surface area contributed by atoms with Crippen molar-refractivity contribution in [2.24, 2.45) is 5.10 Å². The first-order chi connectivity index (χ1) is 13.4. The van der Waals surface area contributed by atoms with Crippen LogP contribution in [0.3, 0.4) is 0 Å². The van der Waals surface area contributed by atoms with Crippen LogP contribution in [0.5, 0.6) is 5.75 Å². The molecule has 0 radical (unpaired) electrons. The van der Waals surface area contributed by atoms with Gasteiger partial charge in [0.25, 0.3) is 5.91 Å². The average Bonchev–Trinajstić information content (AvgIpc) is 2.95. The lowest BCUT2D eigenvalue weighted by Gasteiger charge is -2.11. The van der Waals surface area contributed by atoms with Gasteiger partial charge in [0.1, 0.15) is 5.75 Å². The number of aromatic nitrogens is 1. The van der Waals surface area contributed by atoms with Crippen molar-refractivity contribution in [3.8, 4) is 11.4 Å². The number of ether oxygens (including phenoxy) is 1. The summed E-state index contributed by atoms with van der Waals surface area (Å²) in [5, 5.41) is 4.64. The molecule has 0 aliphatic heterocycles. The number of hydrogen-bond acceptors (Lipinski definition) is 3. The van der Waals surface area contributed by atoms with Crippen molar-refractivity contribution in [2.75, 3.05) is 7.11 Å². The second kappa shape index (κ2) is 8.63. The Balaban J connectivity index is 1.80. The number of carbonyl (C=O) groups excluding carboxylic acids is 1. The largest absolute Gasteiger partial charge is 0.495 e. The Morgan fingerprint density at radius 3 is 2.54 bits per heavy atom. The fourth-order valence-corrected chi connectivity index (χ4v) is 3.45. The SMILES string of the molecule is COc1ccc(-n2c(C)cc(/C=N\NC(=O)c3ccc(Br)cc3)c2C)cc1Cl. The van der Waals surface area contributed by atoms with Crippen LogP contribution in [0.4, 0.5) is 0 Å². The maximum atomic E-state index is 12.2. The molecule has 0 fully saturated rings. The first-order valence-corrected chi connectivity index (χ1v) is 9.69. The molecule has 144 valence electrons. The zero-order valence-corrected chi connectivity index (χ0v) is 18.0. The third-order valence-corrected chi connectivity index (χ3v) is 5.16. The van der Waals surface area contributed by atoms with Crippen molar-refractivity contribution < 1.29 is 9.53 Å². The maximum absolute atomic E-state index is 12.2. The van der Waals surface area contributed by atoms with Crippen LogP contribution in [0.15, 0.2) is 58.1 Å². The lowest BCUT2D eigenvalue weighted by Crippen LogP contribution is -2.17. The highest BCUT2D eigenvalue weighted by Crippen LogP contribution is 2.28. The van der Waals surface area contributed by atoms with Crippen LogP contribution in [0.2, 0.25) is 5.02 Å². The molecular formula is C21H19BrClN3O2. The molecule has 0 saturated heterocycles. The van der Waals surface area contributed by atoms with Crippen LogP contribution >= 0.6 is 27.5 Å². The number of benzene rings is 2. The molecule has 0 bridgehead atoms. The minimum absolute atomic E-state index is 0.264. The van der Waals surface area contributed by atoms with Gasteiger partial charge < -0.3 is 9.30 Å². The normalized spacial score (nSPS) is 11.0. The van der Waals surface area contributed by atoms with Gasteiger partial charge in [-0.1, -0.05) is 27.5 Å². The Hall–Kier alpha value is -2.57. The van der Waals surface area contributed by atoms with Crippen LogP contribution in [0.25, 0.3) is 5.69 Å². The van der Waals surface area contributed by atoms with Gasteiger partial charge in [-0.2, -0.15) is 5.10 Å². The van der Waals surface area contributed by atoms with Crippen molar-refractivity contribution >= 4 is 39.7 Å². The summed E-state index contributed by atoms with van der Waals surface area (Å²) in [7, 11) is 1.59. The molecule has 1 heterocycles. The van der Waals surface area contributed by atoms with E-state index in [0.29, 0.717) is 16.3 Å². The summed E-state index contributed by atoms with van der Waals surface area (Å²) >= 11 is 9.61. The summed E-state index contributed by atoms with van der Waals surface area (Å²) in [6, 6.07) is 14.7. The molecule has 1 amide bonds. The average molecular weight is 461 g/mol. The number of aryl methyl sites for hydroxylation is 1. The zero-order valence-electron chi connectivity index (χ0n) is 15.7. The molecular weight excluding hydrogens is 442 g/mol. The van der Waals surface area contributed by atoms with E-state index in [-0.39, 0.29) is 5.91 Å². The number of methoxy groups -OCH3 is 1. The standard InChI is InChI=1S/C21H19BrClN3O2/c1-13-10-16(12-24-25-21(27)15-4-6-17(22)7-5-15)14(2)26(13)18-8-9-20(28-3)19(23)11-18/h4-12H,1-3H3,(H,25,27)/b24-12-. The Morgan fingerprint density at radius 2 is 1.89 bits per heavy atom. The fraction of sp³-hybridized carbons (Fsp3) is 0.143. The second-order valence-corrected chi connectivity index (χ2v) is 7.51. The topological polar surface area (TPSA) is 55.6 Å². The van der Waals surface area contributed by atoms with Crippen molar-refractivity contribution in [1.82, 2.24) is 9.99 Å². The predicted octanol–water partition coefficient (Wildman–Crippen LogP) is 5.28. The van der Waals surface area contributed by atoms with Crippen molar-refractivity contribution in [1.29, 1.82) is 0 Å². The van der Waals surface area contributed by atoms with E-state index in [1.165, 1.54) is 0 Å². The number of hydrogen-bond donors (Lipinski definition) is 1. The van der Waals surface area contributed by atoms with Crippen LogP contribution < -0.4 is 10.2 Å². The number of amides is 1. The number of hydrazone groups is 1. The molecule has 0 saturated carbocycles. The van der Waals surface area contributed by atoms with Crippen molar-refractivity contribution in [2.45, 2.75) is 13.8 Å². The Morgan fingerprint density at radius 1 is 1.18 bits per heavy atom.